The van der Waals surface area contributed by atoms with Crippen molar-refractivity contribution in [1.29, 1.82) is 0 Å². The molecule has 29 heavy (non-hydrogen) atoms. The Morgan fingerprint density at radius 1 is 1.07 bits per heavy atom. The number of carbonyl (C=O) groups excluding carboxylic acids is 3. The van der Waals surface area contributed by atoms with Crippen LogP contribution in [0.15, 0.2) is 41.8 Å². The van der Waals surface area contributed by atoms with Crippen LogP contribution in [-0.4, -0.2) is 66.4 Å². The van der Waals surface area contributed by atoms with Crippen LogP contribution in [-0.2, 0) is 9.53 Å². The lowest BCUT2D eigenvalue weighted by Crippen LogP contribution is -2.50. The van der Waals surface area contributed by atoms with E-state index in [4.69, 9.17) is 4.74 Å². The molecule has 0 atom stereocenters. The molecule has 0 spiro atoms. The van der Waals surface area contributed by atoms with Crippen molar-refractivity contribution in [3.05, 3.63) is 52.2 Å². The van der Waals surface area contributed by atoms with Gasteiger partial charge in [-0.2, -0.15) is 0 Å². The molecule has 154 valence electrons. The van der Waals surface area contributed by atoms with E-state index in [9.17, 15) is 14.4 Å². The van der Waals surface area contributed by atoms with E-state index in [0.717, 1.165) is 4.88 Å². The minimum absolute atomic E-state index is 0.0557. The number of ether oxygens (including phenoxy) is 1. The maximum atomic E-state index is 12.4. The summed E-state index contributed by atoms with van der Waals surface area (Å²) in [6.45, 7) is 6.38. The van der Waals surface area contributed by atoms with Gasteiger partial charge in [-0.15, -0.1) is 11.3 Å². The minimum atomic E-state index is -0.382. The number of hydrogen-bond donors (Lipinski definition) is 1. The minimum Gasteiger partial charge on any atom is -0.459 e. The summed E-state index contributed by atoms with van der Waals surface area (Å²) in [6.07, 6.45) is -0.178. The number of thiophene rings is 1. The van der Waals surface area contributed by atoms with Crippen LogP contribution in [0.5, 0.6) is 0 Å². The molecule has 1 N–H and O–H groups in total. The second-order valence-corrected chi connectivity index (χ2v) is 8.07. The number of nitrogens with one attached hydrogen (secondary N) is 1. The van der Waals surface area contributed by atoms with Gasteiger partial charge in [0.05, 0.1) is 23.1 Å². The zero-order chi connectivity index (χ0) is 20.8. The lowest BCUT2D eigenvalue weighted by atomic mass is 10.2. The smallest absolute Gasteiger partial charge is 0.338 e. The van der Waals surface area contributed by atoms with E-state index >= 15 is 0 Å². The molecule has 7 nitrogen and oxygen atoms in total. The van der Waals surface area contributed by atoms with Crippen molar-refractivity contribution in [2.24, 2.45) is 0 Å². The van der Waals surface area contributed by atoms with Gasteiger partial charge in [0.1, 0.15) is 0 Å². The molecule has 8 heteroatoms. The number of rotatable bonds is 6. The second-order valence-electron chi connectivity index (χ2n) is 7.13. The van der Waals surface area contributed by atoms with Crippen LogP contribution in [0, 0.1) is 0 Å². The number of anilines is 1. The summed E-state index contributed by atoms with van der Waals surface area (Å²) in [6, 6.07) is 10.3. The molecule has 1 aromatic heterocycles. The third-order valence-electron chi connectivity index (χ3n) is 4.51. The molecule has 2 amide bonds. The quantitative estimate of drug-likeness (QED) is 0.734. The largest absolute Gasteiger partial charge is 0.459 e. The molecule has 0 aliphatic carbocycles. The molecule has 3 rings (SSSR count). The van der Waals surface area contributed by atoms with E-state index in [1.54, 1.807) is 38.1 Å². The third-order valence-corrected chi connectivity index (χ3v) is 5.36. The second kappa shape index (κ2) is 9.67. The average molecular weight is 416 g/mol. The van der Waals surface area contributed by atoms with Crippen molar-refractivity contribution in [3.8, 4) is 0 Å². The monoisotopic (exact) mass is 415 g/mol. The zero-order valence-corrected chi connectivity index (χ0v) is 17.4. The summed E-state index contributed by atoms with van der Waals surface area (Å²) in [4.78, 5) is 41.2. The first-order chi connectivity index (χ1) is 13.9. The highest BCUT2D eigenvalue weighted by Gasteiger charge is 2.23. The molecular weight excluding hydrogens is 390 g/mol. The first-order valence-electron chi connectivity index (χ1n) is 9.58. The van der Waals surface area contributed by atoms with Crippen molar-refractivity contribution >= 4 is 34.8 Å². The molecule has 0 unspecified atom stereocenters. The van der Waals surface area contributed by atoms with Crippen molar-refractivity contribution in [2.45, 2.75) is 20.0 Å². The molecule has 1 saturated heterocycles. The van der Waals surface area contributed by atoms with E-state index in [0.29, 0.717) is 37.4 Å². The van der Waals surface area contributed by atoms with E-state index in [1.807, 2.05) is 27.3 Å². The van der Waals surface area contributed by atoms with Crippen molar-refractivity contribution < 1.29 is 19.1 Å². The van der Waals surface area contributed by atoms with Gasteiger partial charge in [-0.1, -0.05) is 6.07 Å². The van der Waals surface area contributed by atoms with Crippen LogP contribution in [0.3, 0.4) is 0 Å². The number of nitrogens with zero attached hydrogens (tertiary/aromatic N) is 2. The number of hydrogen-bond acceptors (Lipinski definition) is 6. The van der Waals surface area contributed by atoms with Gasteiger partial charge in [0.25, 0.3) is 5.91 Å². The van der Waals surface area contributed by atoms with Gasteiger partial charge in [0.2, 0.25) is 5.91 Å². The van der Waals surface area contributed by atoms with E-state index in [-0.39, 0.29) is 30.4 Å². The van der Waals surface area contributed by atoms with E-state index in [2.05, 4.69) is 5.32 Å². The molecular formula is C21H25N3O4S. The van der Waals surface area contributed by atoms with Gasteiger partial charge in [0, 0.05) is 31.9 Å². The van der Waals surface area contributed by atoms with Crippen LogP contribution < -0.4 is 5.32 Å². The molecule has 0 radical (unpaired) electrons. The van der Waals surface area contributed by atoms with Gasteiger partial charge in [-0.05, 0) is 49.6 Å². The molecule has 2 aromatic rings. The standard InChI is InChI=1S/C21H25N3O4S/c1-15(2)28-21(27)16-5-7-17(8-6-16)22-19(25)14-23-9-11-24(12-10-23)20(26)18-4-3-13-29-18/h3-8,13,15H,9-12,14H2,1-2H3,(H,22,25). The molecule has 2 heterocycles. The highest BCUT2D eigenvalue weighted by Crippen LogP contribution is 2.14. The van der Waals surface area contributed by atoms with Crippen LogP contribution in [0.1, 0.15) is 33.9 Å². The Hall–Kier alpha value is -2.71. The fourth-order valence-electron chi connectivity index (χ4n) is 3.04. The topological polar surface area (TPSA) is 79.0 Å². The van der Waals surface area contributed by atoms with Crippen LogP contribution in [0.4, 0.5) is 5.69 Å². The summed E-state index contributed by atoms with van der Waals surface area (Å²) < 4.78 is 5.15. The highest BCUT2D eigenvalue weighted by atomic mass is 32.1. The number of piperazine rings is 1. The van der Waals surface area contributed by atoms with Crippen LogP contribution in [0.25, 0.3) is 0 Å². The summed E-state index contributed by atoms with van der Waals surface area (Å²) in [5.41, 5.74) is 1.07. The van der Waals surface area contributed by atoms with Crippen molar-refractivity contribution in [3.63, 3.8) is 0 Å². The Labute approximate surface area is 174 Å². The normalized spacial score (nSPS) is 14.7. The van der Waals surface area contributed by atoms with Gasteiger partial charge >= 0.3 is 5.97 Å². The molecule has 1 fully saturated rings. The Morgan fingerprint density at radius 3 is 2.34 bits per heavy atom. The molecule has 1 aliphatic heterocycles. The van der Waals surface area contributed by atoms with Crippen LogP contribution >= 0.6 is 11.3 Å². The Bertz CT molecular complexity index is 841. The fraction of sp³-hybridized carbons (Fsp3) is 0.381. The lowest BCUT2D eigenvalue weighted by Gasteiger charge is -2.34. The third kappa shape index (κ3) is 5.88. The molecule has 1 aromatic carbocycles. The number of esters is 1. The van der Waals surface area contributed by atoms with Gasteiger partial charge < -0.3 is 15.0 Å². The van der Waals surface area contributed by atoms with E-state index < -0.39 is 0 Å². The fourth-order valence-corrected chi connectivity index (χ4v) is 3.73. The summed E-state index contributed by atoms with van der Waals surface area (Å²) in [5, 5.41) is 4.74. The van der Waals surface area contributed by atoms with Gasteiger partial charge in [0.15, 0.2) is 0 Å². The first-order valence-corrected chi connectivity index (χ1v) is 10.5. The Morgan fingerprint density at radius 2 is 1.76 bits per heavy atom. The summed E-state index contributed by atoms with van der Waals surface area (Å²) in [5.74, 6) is -0.450. The van der Waals surface area contributed by atoms with E-state index in [1.165, 1.54) is 11.3 Å². The maximum absolute atomic E-state index is 12.4. The van der Waals surface area contributed by atoms with Gasteiger partial charge in [-0.3, -0.25) is 14.5 Å². The maximum Gasteiger partial charge on any atom is 0.338 e. The van der Waals surface area contributed by atoms with Gasteiger partial charge in [-0.25, -0.2) is 4.79 Å². The molecule has 0 saturated carbocycles. The predicted molar refractivity (Wildman–Crippen MR) is 112 cm³/mol. The predicted octanol–water partition coefficient (Wildman–Crippen LogP) is 2.71. The SMILES string of the molecule is CC(C)OC(=O)c1ccc(NC(=O)CN2CCN(C(=O)c3cccs3)CC2)cc1. The Balaban J connectivity index is 1.44. The molecule has 1 aliphatic rings. The van der Waals surface area contributed by atoms with Crippen molar-refractivity contribution in [2.75, 3.05) is 38.0 Å². The number of amides is 2. The summed E-state index contributed by atoms with van der Waals surface area (Å²) >= 11 is 1.44. The van der Waals surface area contributed by atoms with Crippen LogP contribution in [0.2, 0.25) is 0 Å². The van der Waals surface area contributed by atoms with Crippen molar-refractivity contribution in [1.82, 2.24) is 9.80 Å². The number of benzene rings is 1. The Kier molecular flexibility index (Phi) is 7.00. The summed E-state index contributed by atoms with van der Waals surface area (Å²) in [7, 11) is 0. The zero-order valence-electron chi connectivity index (χ0n) is 16.6. The lowest BCUT2D eigenvalue weighted by molar-refractivity contribution is -0.117. The first kappa shape index (κ1) is 21.0. The average Bonchev–Trinajstić information content (AvgIpc) is 3.23. The number of carbonyl (C=O) groups is 3. The highest BCUT2D eigenvalue weighted by molar-refractivity contribution is 7.12. The molecule has 0 bridgehead atoms.